The van der Waals surface area contributed by atoms with E-state index in [1.54, 1.807) is 0 Å². The third-order valence-electron chi connectivity index (χ3n) is 2.80. The molecular formula is C14H23N3O4. The Morgan fingerprint density at radius 2 is 1.81 bits per heavy atom. The number of hydrogen-bond acceptors (Lipinski definition) is 4. The molecule has 0 spiro atoms. The summed E-state index contributed by atoms with van der Waals surface area (Å²) in [5.41, 5.74) is 0. The molecule has 0 fully saturated rings. The molecule has 7 nitrogen and oxygen atoms in total. The number of amides is 2. The molecule has 0 rings (SSSR count). The molecule has 2 atom stereocenters. The van der Waals surface area contributed by atoms with Crippen LogP contribution in [0.5, 0.6) is 0 Å². The fraction of sp³-hybridized carbons (Fsp3) is 0.714. The summed E-state index contributed by atoms with van der Waals surface area (Å²) < 4.78 is 0. The lowest BCUT2D eigenvalue weighted by Gasteiger charge is -2.22. The number of carbonyl (C=O) groups is 3. The van der Waals surface area contributed by atoms with Crippen LogP contribution in [-0.2, 0) is 14.4 Å². The minimum atomic E-state index is -1.15. The molecule has 7 heteroatoms. The van der Waals surface area contributed by atoms with Crippen LogP contribution in [0.1, 0.15) is 46.5 Å². The Labute approximate surface area is 124 Å². The Kier molecular flexibility index (Phi) is 8.77. The third-order valence-corrected chi connectivity index (χ3v) is 2.80. The van der Waals surface area contributed by atoms with Gasteiger partial charge in [-0.15, -0.1) is 0 Å². The summed E-state index contributed by atoms with van der Waals surface area (Å²) >= 11 is 0. The van der Waals surface area contributed by atoms with Gasteiger partial charge >= 0.3 is 5.97 Å². The molecule has 0 aliphatic heterocycles. The number of rotatable bonds is 9. The van der Waals surface area contributed by atoms with Crippen molar-refractivity contribution < 1.29 is 19.5 Å². The monoisotopic (exact) mass is 297 g/mol. The van der Waals surface area contributed by atoms with E-state index in [1.807, 2.05) is 19.9 Å². The predicted molar refractivity (Wildman–Crippen MR) is 76.1 cm³/mol. The van der Waals surface area contributed by atoms with E-state index in [0.717, 1.165) is 0 Å². The van der Waals surface area contributed by atoms with E-state index in [9.17, 15) is 14.4 Å². The highest BCUT2D eigenvalue weighted by Crippen LogP contribution is 2.07. The number of carboxylic acids is 1. The highest BCUT2D eigenvalue weighted by atomic mass is 16.4. The van der Waals surface area contributed by atoms with Crippen molar-refractivity contribution in [3.63, 3.8) is 0 Å². The molecular weight excluding hydrogens is 274 g/mol. The van der Waals surface area contributed by atoms with Crippen molar-refractivity contribution in [2.24, 2.45) is 5.92 Å². The minimum Gasteiger partial charge on any atom is -0.480 e. The number of carbonyl (C=O) groups excluding carboxylic acids is 2. The second-order valence-electron chi connectivity index (χ2n) is 5.33. The summed E-state index contributed by atoms with van der Waals surface area (Å²) in [5.74, 6) is -1.82. The van der Waals surface area contributed by atoms with E-state index in [1.165, 1.54) is 6.92 Å². The van der Waals surface area contributed by atoms with Crippen molar-refractivity contribution >= 4 is 17.8 Å². The van der Waals surface area contributed by atoms with Gasteiger partial charge in [0.25, 0.3) is 0 Å². The highest BCUT2D eigenvalue weighted by molar-refractivity contribution is 5.89. The van der Waals surface area contributed by atoms with E-state index < -0.39 is 24.0 Å². The molecule has 118 valence electrons. The Bertz CT molecular complexity index is 415. The maximum Gasteiger partial charge on any atom is 0.326 e. The molecule has 0 aliphatic carbocycles. The Balaban J connectivity index is 4.69. The first kappa shape index (κ1) is 18.9. The van der Waals surface area contributed by atoms with E-state index in [4.69, 9.17) is 10.4 Å². The molecule has 2 amide bonds. The topological polar surface area (TPSA) is 119 Å². The lowest BCUT2D eigenvalue weighted by Crippen LogP contribution is -2.51. The van der Waals surface area contributed by atoms with Gasteiger partial charge in [-0.1, -0.05) is 13.8 Å². The summed E-state index contributed by atoms with van der Waals surface area (Å²) in [6.45, 7) is 5.12. The lowest BCUT2D eigenvalue weighted by atomic mass is 10.0. The molecule has 0 aromatic rings. The minimum absolute atomic E-state index is 0.175. The first-order valence-corrected chi connectivity index (χ1v) is 6.95. The smallest absolute Gasteiger partial charge is 0.326 e. The number of carboxylic acid groups (broad SMARTS) is 1. The Morgan fingerprint density at radius 1 is 1.19 bits per heavy atom. The molecule has 0 heterocycles. The van der Waals surface area contributed by atoms with E-state index in [2.05, 4.69) is 10.6 Å². The van der Waals surface area contributed by atoms with Gasteiger partial charge in [-0.05, 0) is 25.2 Å². The number of nitrogens with one attached hydrogen (secondary N) is 2. The number of nitrogens with zero attached hydrogens (tertiary/aromatic N) is 1. The van der Waals surface area contributed by atoms with Crippen LogP contribution in [0.4, 0.5) is 0 Å². The van der Waals surface area contributed by atoms with Gasteiger partial charge in [0.2, 0.25) is 11.8 Å². The van der Waals surface area contributed by atoms with Crippen molar-refractivity contribution in [1.29, 1.82) is 5.26 Å². The summed E-state index contributed by atoms with van der Waals surface area (Å²) in [5, 5.41) is 22.5. The highest BCUT2D eigenvalue weighted by Gasteiger charge is 2.26. The average molecular weight is 297 g/mol. The van der Waals surface area contributed by atoms with Gasteiger partial charge in [0.1, 0.15) is 12.1 Å². The quantitative estimate of drug-likeness (QED) is 0.544. The SMILES string of the molecule is CC(=O)N[C@@H](CC(C)C)C(=O)N[C@H](CCCC#N)C(=O)O. The van der Waals surface area contributed by atoms with Gasteiger partial charge in [-0.25, -0.2) is 4.79 Å². The Hall–Kier alpha value is -2.10. The standard InChI is InChI=1S/C14H23N3O4/c1-9(2)8-12(16-10(3)18)13(19)17-11(14(20)21)6-4-5-7-15/h9,11-12H,4-6,8H2,1-3H3,(H,16,18)(H,17,19)(H,20,21)/t11-,12+/m1/s1. The molecule has 3 N–H and O–H groups in total. The van der Waals surface area contributed by atoms with Crippen LogP contribution in [0.15, 0.2) is 0 Å². The zero-order valence-corrected chi connectivity index (χ0v) is 12.7. The van der Waals surface area contributed by atoms with Gasteiger partial charge in [0.05, 0.1) is 6.07 Å². The van der Waals surface area contributed by atoms with Crippen LogP contribution in [-0.4, -0.2) is 35.0 Å². The lowest BCUT2D eigenvalue weighted by molar-refractivity contribution is -0.142. The molecule has 0 unspecified atom stereocenters. The van der Waals surface area contributed by atoms with E-state index in [-0.39, 0.29) is 24.7 Å². The fourth-order valence-corrected chi connectivity index (χ4v) is 1.86. The largest absolute Gasteiger partial charge is 0.480 e. The molecule has 0 radical (unpaired) electrons. The van der Waals surface area contributed by atoms with Crippen molar-refractivity contribution in [1.82, 2.24) is 10.6 Å². The van der Waals surface area contributed by atoms with Crippen LogP contribution in [0.25, 0.3) is 0 Å². The van der Waals surface area contributed by atoms with Gasteiger partial charge in [0, 0.05) is 13.3 Å². The van der Waals surface area contributed by atoms with Gasteiger partial charge in [0.15, 0.2) is 0 Å². The maximum absolute atomic E-state index is 12.1. The predicted octanol–water partition coefficient (Wildman–Crippen LogP) is 0.800. The van der Waals surface area contributed by atoms with Gasteiger partial charge < -0.3 is 15.7 Å². The number of aliphatic carboxylic acids is 1. The second-order valence-corrected chi connectivity index (χ2v) is 5.33. The van der Waals surface area contributed by atoms with Crippen molar-refractivity contribution in [3.05, 3.63) is 0 Å². The Morgan fingerprint density at radius 3 is 2.24 bits per heavy atom. The summed E-state index contributed by atoms with van der Waals surface area (Å²) in [6.07, 6.45) is 1.24. The summed E-state index contributed by atoms with van der Waals surface area (Å²) in [4.78, 5) is 34.3. The average Bonchev–Trinajstić information content (AvgIpc) is 2.35. The van der Waals surface area contributed by atoms with Crippen molar-refractivity contribution in [3.8, 4) is 6.07 Å². The zero-order valence-electron chi connectivity index (χ0n) is 12.7. The van der Waals surface area contributed by atoms with Gasteiger partial charge in [-0.3, -0.25) is 9.59 Å². The molecule has 0 aromatic heterocycles. The van der Waals surface area contributed by atoms with Crippen molar-refractivity contribution in [2.75, 3.05) is 0 Å². The molecule has 0 aromatic carbocycles. The van der Waals surface area contributed by atoms with E-state index >= 15 is 0 Å². The zero-order chi connectivity index (χ0) is 16.4. The van der Waals surface area contributed by atoms with Gasteiger partial charge in [-0.2, -0.15) is 5.26 Å². The molecule has 0 saturated heterocycles. The van der Waals surface area contributed by atoms with Crippen LogP contribution in [0.2, 0.25) is 0 Å². The van der Waals surface area contributed by atoms with Crippen LogP contribution in [0, 0.1) is 17.2 Å². The van der Waals surface area contributed by atoms with Crippen molar-refractivity contribution in [2.45, 2.75) is 58.5 Å². The number of hydrogen-bond donors (Lipinski definition) is 3. The second kappa shape index (κ2) is 9.75. The molecule has 0 aliphatic rings. The normalized spacial score (nSPS) is 13.1. The molecule has 0 bridgehead atoms. The summed E-state index contributed by atoms with van der Waals surface area (Å²) in [6, 6.07) is 0.131. The van der Waals surface area contributed by atoms with E-state index in [0.29, 0.717) is 12.8 Å². The molecule has 0 saturated carbocycles. The number of unbranched alkanes of at least 4 members (excludes halogenated alkanes) is 1. The van der Waals surface area contributed by atoms with Crippen LogP contribution >= 0.6 is 0 Å². The first-order valence-electron chi connectivity index (χ1n) is 6.95. The first-order chi connectivity index (χ1) is 9.77. The number of nitriles is 1. The van der Waals surface area contributed by atoms with Crippen LogP contribution in [0.3, 0.4) is 0 Å². The third kappa shape index (κ3) is 8.63. The maximum atomic E-state index is 12.1. The molecule has 21 heavy (non-hydrogen) atoms. The summed E-state index contributed by atoms with van der Waals surface area (Å²) in [7, 11) is 0. The van der Waals surface area contributed by atoms with Crippen LogP contribution < -0.4 is 10.6 Å². The fourth-order valence-electron chi connectivity index (χ4n) is 1.86.